The van der Waals surface area contributed by atoms with E-state index in [0.29, 0.717) is 18.8 Å². The number of hydrogen-bond acceptors (Lipinski definition) is 3. The lowest BCUT2D eigenvalue weighted by Gasteiger charge is -2.34. The molecule has 0 bridgehead atoms. The molecule has 1 saturated heterocycles. The molecule has 0 unspecified atom stereocenters. The first-order valence-electron chi connectivity index (χ1n) is 7.30. The van der Waals surface area contributed by atoms with Crippen LogP contribution in [-0.4, -0.2) is 50.4 Å². The maximum absolute atomic E-state index is 12.5. The zero-order valence-electron chi connectivity index (χ0n) is 12.4. The summed E-state index contributed by atoms with van der Waals surface area (Å²) in [6.07, 6.45) is 4.74. The molecule has 2 fully saturated rings. The highest BCUT2D eigenvalue weighted by atomic mass is 35.5. The van der Waals surface area contributed by atoms with Gasteiger partial charge in [-0.15, -0.1) is 12.4 Å². The fourth-order valence-corrected chi connectivity index (χ4v) is 2.98. The number of carbonyl (C=O) groups excluding carboxylic acids is 2. The van der Waals surface area contributed by atoms with E-state index in [0.717, 1.165) is 32.5 Å². The molecule has 1 aliphatic heterocycles. The summed E-state index contributed by atoms with van der Waals surface area (Å²) in [5.41, 5.74) is -0.716. The summed E-state index contributed by atoms with van der Waals surface area (Å²) < 4.78 is 0. The van der Waals surface area contributed by atoms with Gasteiger partial charge in [-0.3, -0.25) is 9.59 Å². The Morgan fingerprint density at radius 3 is 2.25 bits per heavy atom. The van der Waals surface area contributed by atoms with Crippen LogP contribution in [0.1, 0.15) is 32.1 Å². The van der Waals surface area contributed by atoms with E-state index in [1.54, 1.807) is 7.05 Å². The van der Waals surface area contributed by atoms with Crippen LogP contribution >= 0.6 is 12.4 Å². The lowest BCUT2D eigenvalue weighted by molar-refractivity contribution is -0.145. The molecule has 1 saturated carbocycles. The third kappa shape index (κ3) is 3.44. The van der Waals surface area contributed by atoms with Gasteiger partial charge in [0.2, 0.25) is 11.8 Å². The van der Waals surface area contributed by atoms with Crippen molar-refractivity contribution >= 4 is 24.2 Å². The normalized spacial score (nSPS) is 21.0. The van der Waals surface area contributed by atoms with Gasteiger partial charge in [0.15, 0.2) is 0 Å². The van der Waals surface area contributed by atoms with E-state index in [9.17, 15) is 9.59 Å². The second-order valence-electron chi connectivity index (χ2n) is 5.79. The average molecular weight is 304 g/mol. The number of likely N-dealkylation sites (tertiary alicyclic amines) is 1. The van der Waals surface area contributed by atoms with Crippen LogP contribution in [0.4, 0.5) is 0 Å². The zero-order chi connectivity index (χ0) is 13.9. The van der Waals surface area contributed by atoms with Gasteiger partial charge in [0, 0.05) is 20.1 Å². The number of carbonyl (C=O) groups is 2. The molecule has 2 rings (SSSR count). The van der Waals surface area contributed by atoms with Crippen LogP contribution in [0.25, 0.3) is 0 Å². The molecule has 116 valence electrons. The van der Waals surface area contributed by atoms with Gasteiger partial charge in [-0.25, -0.2) is 0 Å². The van der Waals surface area contributed by atoms with Crippen LogP contribution in [-0.2, 0) is 9.59 Å². The molecule has 0 aromatic carbocycles. The molecule has 5 nitrogen and oxygen atoms in total. The Balaban J connectivity index is 0.00000200. The molecule has 0 radical (unpaired) electrons. The van der Waals surface area contributed by atoms with Gasteiger partial charge in [-0.1, -0.05) is 0 Å². The van der Waals surface area contributed by atoms with E-state index >= 15 is 0 Å². The van der Waals surface area contributed by atoms with E-state index in [1.807, 2.05) is 11.9 Å². The fraction of sp³-hybridized carbons (Fsp3) is 0.857. The second-order valence-corrected chi connectivity index (χ2v) is 5.79. The summed E-state index contributed by atoms with van der Waals surface area (Å²) in [5, 5.41) is 5.80. The predicted octanol–water partition coefficient (Wildman–Crippen LogP) is 0.782. The minimum atomic E-state index is -0.716. The van der Waals surface area contributed by atoms with Crippen LogP contribution in [0.3, 0.4) is 0 Å². The van der Waals surface area contributed by atoms with Crippen molar-refractivity contribution in [3.8, 4) is 0 Å². The number of halogens is 1. The first-order valence-corrected chi connectivity index (χ1v) is 7.30. The van der Waals surface area contributed by atoms with Gasteiger partial charge in [-0.05, 0) is 51.6 Å². The van der Waals surface area contributed by atoms with Gasteiger partial charge in [0.1, 0.15) is 5.41 Å². The number of rotatable bonds is 5. The summed E-state index contributed by atoms with van der Waals surface area (Å²) >= 11 is 0. The van der Waals surface area contributed by atoms with E-state index in [1.165, 1.54) is 6.42 Å². The topological polar surface area (TPSA) is 61.4 Å². The molecule has 0 aromatic heterocycles. The van der Waals surface area contributed by atoms with Crippen molar-refractivity contribution in [1.82, 2.24) is 15.5 Å². The molecule has 0 aromatic rings. The first kappa shape index (κ1) is 17.2. The number of piperidine rings is 1. The molecule has 2 N–H and O–H groups in total. The minimum absolute atomic E-state index is 0. The Kier molecular flexibility index (Phi) is 6.27. The van der Waals surface area contributed by atoms with Crippen molar-refractivity contribution in [2.24, 2.45) is 11.3 Å². The second kappa shape index (κ2) is 7.27. The Labute approximate surface area is 127 Å². The highest BCUT2D eigenvalue weighted by Gasteiger charge is 2.57. The molecule has 1 aliphatic carbocycles. The standard InChI is InChI=1S/C14H25N3O2.ClH/c1-15-8-3-11-4-9-17(10-5-11)13(19)14(6-7-14)12(18)16-2;/h11,15H,3-10H2,1-2H3,(H,16,18);1H. The number of nitrogens with one attached hydrogen (secondary N) is 2. The van der Waals surface area contributed by atoms with E-state index in [-0.39, 0.29) is 24.2 Å². The predicted molar refractivity (Wildman–Crippen MR) is 80.8 cm³/mol. The molecule has 0 spiro atoms. The summed E-state index contributed by atoms with van der Waals surface area (Å²) in [6.45, 7) is 2.67. The van der Waals surface area contributed by atoms with E-state index < -0.39 is 5.41 Å². The molecular formula is C14H26ClN3O2. The molecule has 1 heterocycles. The summed E-state index contributed by atoms with van der Waals surface area (Å²) in [7, 11) is 3.58. The van der Waals surface area contributed by atoms with Crippen molar-refractivity contribution < 1.29 is 9.59 Å². The van der Waals surface area contributed by atoms with Crippen molar-refractivity contribution in [3.05, 3.63) is 0 Å². The van der Waals surface area contributed by atoms with Gasteiger partial charge in [0.25, 0.3) is 0 Å². The third-order valence-corrected chi connectivity index (χ3v) is 4.53. The highest BCUT2D eigenvalue weighted by molar-refractivity contribution is 6.07. The van der Waals surface area contributed by atoms with Crippen LogP contribution in [0.5, 0.6) is 0 Å². The average Bonchev–Trinajstić information content (AvgIpc) is 3.25. The quantitative estimate of drug-likeness (QED) is 0.738. The van der Waals surface area contributed by atoms with E-state index in [2.05, 4.69) is 10.6 Å². The maximum atomic E-state index is 12.5. The lowest BCUT2D eigenvalue weighted by atomic mass is 9.92. The van der Waals surface area contributed by atoms with Gasteiger partial charge in [0.05, 0.1) is 0 Å². The summed E-state index contributed by atoms with van der Waals surface area (Å²) in [6, 6.07) is 0. The van der Waals surface area contributed by atoms with Crippen LogP contribution in [0.15, 0.2) is 0 Å². The third-order valence-electron chi connectivity index (χ3n) is 4.53. The molecule has 20 heavy (non-hydrogen) atoms. The highest BCUT2D eigenvalue weighted by Crippen LogP contribution is 2.47. The Morgan fingerprint density at radius 2 is 1.80 bits per heavy atom. The Hall–Kier alpha value is -0.810. The molecule has 2 amide bonds. The SMILES string of the molecule is CNCCC1CCN(C(=O)C2(C(=O)NC)CC2)CC1.Cl. The molecular weight excluding hydrogens is 278 g/mol. The van der Waals surface area contributed by atoms with Crippen molar-refractivity contribution in [3.63, 3.8) is 0 Å². The van der Waals surface area contributed by atoms with Crippen LogP contribution in [0.2, 0.25) is 0 Å². The molecule has 6 heteroatoms. The number of hydrogen-bond donors (Lipinski definition) is 2. The monoisotopic (exact) mass is 303 g/mol. The van der Waals surface area contributed by atoms with Gasteiger partial charge in [-0.2, -0.15) is 0 Å². The molecule has 0 atom stereocenters. The lowest BCUT2D eigenvalue weighted by Crippen LogP contribution is -2.47. The van der Waals surface area contributed by atoms with Crippen molar-refractivity contribution in [2.75, 3.05) is 33.7 Å². The van der Waals surface area contributed by atoms with E-state index in [4.69, 9.17) is 0 Å². The summed E-state index contributed by atoms with van der Waals surface area (Å²) in [5.74, 6) is 0.667. The number of amides is 2. The van der Waals surface area contributed by atoms with Crippen molar-refractivity contribution in [2.45, 2.75) is 32.1 Å². The first-order chi connectivity index (χ1) is 9.14. The van der Waals surface area contributed by atoms with Gasteiger partial charge >= 0.3 is 0 Å². The Bertz CT molecular complexity index is 350. The Morgan fingerprint density at radius 1 is 1.20 bits per heavy atom. The summed E-state index contributed by atoms with van der Waals surface area (Å²) in [4.78, 5) is 26.2. The minimum Gasteiger partial charge on any atom is -0.358 e. The fourth-order valence-electron chi connectivity index (χ4n) is 2.98. The largest absolute Gasteiger partial charge is 0.358 e. The maximum Gasteiger partial charge on any atom is 0.238 e. The molecule has 2 aliphatic rings. The smallest absolute Gasteiger partial charge is 0.238 e. The number of nitrogens with zero attached hydrogens (tertiary/aromatic N) is 1. The zero-order valence-corrected chi connectivity index (χ0v) is 13.2. The van der Waals surface area contributed by atoms with Gasteiger partial charge < -0.3 is 15.5 Å². The van der Waals surface area contributed by atoms with Crippen LogP contribution in [0, 0.1) is 11.3 Å². The van der Waals surface area contributed by atoms with Crippen LogP contribution < -0.4 is 10.6 Å². The van der Waals surface area contributed by atoms with Crippen molar-refractivity contribution in [1.29, 1.82) is 0 Å².